The number of hydrogen-bond acceptors (Lipinski definition) is 1. The molecule has 0 unspecified atom stereocenters. The predicted octanol–water partition coefficient (Wildman–Crippen LogP) is -6.94. The fourth-order valence-electron chi connectivity index (χ4n) is 0. The zero-order valence-electron chi connectivity index (χ0n) is 2.16. The second-order valence-electron chi connectivity index (χ2n) is 0. The van der Waals surface area contributed by atoms with Crippen LogP contribution >= 0.6 is 0 Å². The van der Waals surface area contributed by atoms with Gasteiger partial charge in [0.25, 0.3) is 0 Å². The van der Waals surface area contributed by atoms with Crippen LogP contribution in [0.1, 0.15) is 0 Å². The van der Waals surface area contributed by atoms with Crippen molar-refractivity contribution in [1.29, 1.82) is 0 Å². The van der Waals surface area contributed by atoms with Crippen molar-refractivity contribution in [3.05, 3.63) is 0 Å². The van der Waals surface area contributed by atoms with Crippen molar-refractivity contribution in [2.75, 3.05) is 0 Å². The fourth-order valence-corrected chi connectivity index (χ4v) is 0. The van der Waals surface area contributed by atoms with Gasteiger partial charge in [0.05, 0.1) is 0 Å². The van der Waals surface area contributed by atoms with E-state index in [-0.39, 0.29) is 30.3 Å². The van der Waals surface area contributed by atoms with Crippen LogP contribution in [0.25, 0.3) is 0 Å². The molecule has 0 atom stereocenters. The molecule has 5 heteroatoms. The molecule has 0 fully saturated rings. The van der Waals surface area contributed by atoms with Crippen LogP contribution < -0.4 is 24.8 Å². The van der Waals surface area contributed by atoms with E-state index >= 15 is 0 Å². The summed E-state index contributed by atoms with van der Waals surface area (Å²) in [6, 6.07) is 0. The third kappa shape index (κ3) is 36.3. The molecule has 2 nitrogen and oxygen atoms in total. The Balaban J connectivity index is -0.00000000167. The molecule has 0 rings (SSSR count). The average Bonchev–Trinajstić information content (AvgIpc) is 1.00. The summed E-state index contributed by atoms with van der Waals surface area (Å²) in [5.74, 6) is 0. The molecule has 0 heterocycles. The molecular formula is H2Cl2O2Zr. The first-order valence-corrected chi connectivity index (χ1v) is 1.21. The predicted molar refractivity (Wildman–Crippen MR) is 4.30 cm³/mol. The van der Waals surface area contributed by atoms with Gasteiger partial charge in [0, 0.05) is 0 Å². The Morgan fingerprint density at radius 1 is 1.00 bits per heavy atom. The Morgan fingerprint density at radius 2 is 1.00 bits per heavy atom. The van der Waals surface area contributed by atoms with Gasteiger partial charge in [-0.25, -0.2) is 0 Å². The van der Waals surface area contributed by atoms with Gasteiger partial charge in [-0.3, -0.25) is 0 Å². The van der Waals surface area contributed by atoms with Crippen molar-refractivity contribution < 1.29 is 57.8 Å². The summed E-state index contributed by atoms with van der Waals surface area (Å²) in [5.41, 5.74) is 0. The van der Waals surface area contributed by atoms with Gasteiger partial charge in [-0.1, -0.05) is 0 Å². The summed E-state index contributed by atoms with van der Waals surface area (Å²) in [6.07, 6.45) is 0. The molecule has 0 bridgehead atoms. The molecule has 0 aliphatic heterocycles. The zero-order valence-corrected chi connectivity index (χ0v) is 6.13. The van der Waals surface area contributed by atoms with Crippen LogP contribution in [0.5, 0.6) is 0 Å². The summed E-state index contributed by atoms with van der Waals surface area (Å²) < 4.78 is 8.34. The minimum absolute atomic E-state index is 0. The van der Waals surface area contributed by atoms with E-state index in [1.807, 2.05) is 0 Å². The van der Waals surface area contributed by atoms with Crippen LogP contribution in [0, 0.1) is 0 Å². The van der Waals surface area contributed by atoms with E-state index in [1.54, 1.807) is 0 Å². The van der Waals surface area contributed by atoms with Crippen molar-refractivity contribution >= 4 is 0 Å². The van der Waals surface area contributed by atoms with Gasteiger partial charge in [-0.05, 0) is 0 Å². The Hall–Kier alpha value is 1.22. The van der Waals surface area contributed by atoms with Gasteiger partial charge in [0.15, 0.2) is 0 Å². The molecule has 0 aliphatic rings. The molecule has 0 aromatic rings. The zero-order chi connectivity index (χ0) is 2.00. The maximum atomic E-state index is 8.34. The monoisotopic (exact) mass is 194 g/mol. The van der Waals surface area contributed by atoms with Crippen LogP contribution in [0.15, 0.2) is 0 Å². The molecule has 0 spiro atoms. The SMILES string of the molecule is O.[Cl-].[Cl-].[O]=[Zr+2]. The van der Waals surface area contributed by atoms with E-state index in [2.05, 4.69) is 0 Å². The van der Waals surface area contributed by atoms with Crippen molar-refractivity contribution in [2.24, 2.45) is 0 Å². The van der Waals surface area contributed by atoms with E-state index in [9.17, 15) is 0 Å². The van der Waals surface area contributed by atoms with E-state index in [4.69, 9.17) is 2.81 Å². The third-order valence-electron chi connectivity index (χ3n) is 0. The first-order valence-electron chi connectivity index (χ1n) is 0.204. The molecule has 0 amide bonds. The van der Waals surface area contributed by atoms with Gasteiger partial charge in [0.2, 0.25) is 0 Å². The Morgan fingerprint density at radius 3 is 1.00 bits per heavy atom. The fraction of sp³-hybridized carbons (Fsp3) is 0. The average molecular weight is 196 g/mol. The van der Waals surface area contributed by atoms with Crippen LogP contribution in [0.2, 0.25) is 0 Å². The molecule has 0 saturated heterocycles. The van der Waals surface area contributed by atoms with Gasteiger partial charge in [-0.2, -0.15) is 0 Å². The topological polar surface area (TPSA) is 48.6 Å². The van der Waals surface area contributed by atoms with E-state index in [1.165, 1.54) is 0 Å². The number of rotatable bonds is 0. The van der Waals surface area contributed by atoms with Crippen LogP contribution in [-0.2, 0) is 27.5 Å². The molecule has 0 aromatic carbocycles. The van der Waals surface area contributed by atoms with Gasteiger partial charge < -0.3 is 30.3 Å². The summed E-state index contributed by atoms with van der Waals surface area (Å²) in [4.78, 5) is 0. The second kappa shape index (κ2) is 62.3. The molecule has 2 N–H and O–H groups in total. The van der Waals surface area contributed by atoms with Crippen LogP contribution in [0.3, 0.4) is 0 Å². The number of halogens is 2. The summed E-state index contributed by atoms with van der Waals surface area (Å²) in [7, 11) is 0. The Kier molecular flexibility index (Phi) is 428. The molecule has 0 saturated carbocycles. The standard InChI is InChI=1S/2ClH.H2O.O.Zr/h2*1H;1H2;;/q;;;;+2/p-2. The second-order valence-corrected chi connectivity index (χ2v) is 0. The van der Waals surface area contributed by atoms with Crippen molar-refractivity contribution in [3.63, 3.8) is 0 Å². The van der Waals surface area contributed by atoms with Crippen molar-refractivity contribution in [2.45, 2.75) is 0 Å². The third-order valence-corrected chi connectivity index (χ3v) is 0. The summed E-state index contributed by atoms with van der Waals surface area (Å²) in [5, 5.41) is 0. The van der Waals surface area contributed by atoms with Crippen LogP contribution in [-0.4, -0.2) is 5.48 Å². The number of hydrogen-bond donors (Lipinski definition) is 0. The normalized spacial score (nSPS) is 1.20. The molecule has 0 radical (unpaired) electrons. The Labute approximate surface area is 57.7 Å². The maximum absolute atomic E-state index is 8.34. The van der Waals surface area contributed by atoms with E-state index in [0.29, 0.717) is 24.7 Å². The van der Waals surface area contributed by atoms with E-state index in [0.717, 1.165) is 0 Å². The van der Waals surface area contributed by atoms with Crippen molar-refractivity contribution in [3.8, 4) is 0 Å². The molecular weight excluding hydrogens is 194 g/mol. The minimum atomic E-state index is 0. The van der Waals surface area contributed by atoms with Gasteiger partial charge >= 0.3 is 27.5 Å². The van der Waals surface area contributed by atoms with Crippen LogP contribution in [0.4, 0.5) is 0 Å². The summed E-state index contributed by atoms with van der Waals surface area (Å²) >= 11 is 0.300. The van der Waals surface area contributed by atoms with Gasteiger partial charge in [-0.15, -0.1) is 0 Å². The Bertz CT molecular complexity index is 7.61. The quantitative estimate of drug-likeness (QED) is 0.380. The first-order chi connectivity index (χ1) is 1.00. The molecule has 0 aromatic heterocycles. The first kappa shape index (κ1) is 34.4. The van der Waals surface area contributed by atoms with E-state index < -0.39 is 0 Å². The molecule has 32 valence electrons. The van der Waals surface area contributed by atoms with Gasteiger partial charge in [0.1, 0.15) is 0 Å². The molecule has 5 heavy (non-hydrogen) atoms. The molecule has 0 aliphatic carbocycles. The summed E-state index contributed by atoms with van der Waals surface area (Å²) in [6.45, 7) is 0. The van der Waals surface area contributed by atoms with Crippen molar-refractivity contribution in [1.82, 2.24) is 0 Å².